The van der Waals surface area contributed by atoms with Gasteiger partial charge in [0.1, 0.15) is 0 Å². The Bertz CT molecular complexity index is 350. The van der Waals surface area contributed by atoms with Crippen molar-refractivity contribution < 1.29 is 0 Å². The van der Waals surface area contributed by atoms with Gasteiger partial charge in [-0.2, -0.15) is 0 Å². The molecule has 0 spiro atoms. The lowest BCUT2D eigenvalue weighted by Gasteiger charge is -2.27. The second kappa shape index (κ2) is 5.45. The lowest BCUT2D eigenvalue weighted by molar-refractivity contribution is 0.448. The Labute approximate surface area is 108 Å². The number of hydrogen-bond acceptors (Lipinski definition) is 2. The first kappa shape index (κ1) is 11.6. The second-order valence-corrected chi connectivity index (χ2v) is 6.68. The number of rotatable bonds is 3. The topological polar surface area (TPSA) is 12.0 Å². The first-order valence-corrected chi connectivity index (χ1v) is 7.77. The third-order valence-corrected chi connectivity index (χ3v) is 5.34. The largest absolute Gasteiger partial charge is 0.315 e. The van der Waals surface area contributed by atoms with Gasteiger partial charge in [-0.25, -0.2) is 0 Å². The van der Waals surface area contributed by atoms with Crippen LogP contribution in [0.15, 0.2) is 29.2 Å². The van der Waals surface area contributed by atoms with Gasteiger partial charge in [0, 0.05) is 29.2 Å². The summed E-state index contributed by atoms with van der Waals surface area (Å²) in [6.07, 6.45) is 7.15. The summed E-state index contributed by atoms with van der Waals surface area (Å²) in [5.74, 6) is 0.767. The van der Waals surface area contributed by atoms with E-state index in [4.69, 9.17) is 0 Å². The molecule has 1 N–H and O–H groups in total. The lowest BCUT2D eigenvalue weighted by atomic mass is 9.94. The van der Waals surface area contributed by atoms with Crippen LogP contribution in [-0.2, 0) is 0 Å². The average Bonchev–Trinajstić information content (AvgIpc) is 2.31. The molecule has 1 aliphatic carbocycles. The summed E-state index contributed by atoms with van der Waals surface area (Å²) in [6, 6.07) is 9.31. The molecule has 1 saturated carbocycles. The van der Waals surface area contributed by atoms with E-state index in [2.05, 4.69) is 41.3 Å². The minimum absolute atomic E-state index is 0.767. The molecule has 1 heterocycles. The van der Waals surface area contributed by atoms with Crippen molar-refractivity contribution >= 4 is 11.8 Å². The van der Waals surface area contributed by atoms with E-state index in [1.165, 1.54) is 42.6 Å². The molecule has 17 heavy (non-hydrogen) atoms. The third-order valence-electron chi connectivity index (χ3n) is 3.99. The predicted molar refractivity (Wildman–Crippen MR) is 74.8 cm³/mol. The van der Waals surface area contributed by atoms with Crippen LogP contribution in [0.2, 0.25) is 0 Å². The molecular formula is C15H21NS. The summed E-state index contributed by atoms with van der Waals surface area (Å²) in [4.78, 5) is 1.47. The van der Waals surface area contributed by atoms with Crippen molar-refractivity contribution in [2.75, 3.05) is 13.1 Å². The molecule has 0 bridgehead atoms. The normalized spacial score (nSPS) is 22.4. The first-order chi connectivity index (χ1) is 8.42. The summed E-state index contributed by atoms with van der Waals surface area (Å²) < 4.78 is 0. The maximum Gasteiger partial charge on any atom is 0.00944 e. The first-order valence-electron chi connectivity index (χ1n) is 6.89. The quantitative estimate of drug-likeness (QED) is 0.872. The van der Waals surface area contributed by atoms with Crippen molar-refractivity contribution in [1.82, 2.24) is 5.32 Å². The maximum atomic E-state index is 3.33. The number of benzene rings is 1. The average molecular weight is 247 g/mol. The second-order valence-electron chi connectivity index (χ2n) is 5.30. The number of thioether (sulfide) groups is 1. The van der Waals surface area contributed by atoms with Crippen molar-refractivity contribution in [2.24, 2.45) is 0 Å². The van der Waals surface area contributed by atoms with Gasteiger partial charge in [-0.1, -0.05) is 31.4 Å². The van der Waals surface area contributed by atoms with Gasteiger partial charge in [0.25, 0.3) is 0 Å². The standard InChI is InChI=1S/C15H21NS/c1-2-4-14(5-3-1)17-15-8-6-12(7-9-15)13-10-16-11-13/h6-9,13-14,16H,1-5,10-11H2. The van der Waals surface area contributed by atoms with E-state index >= 15 is 0 Å². The molecule has 0 amide bonds. The smallest absolute Gasteiger partial charge is 0.00944 e. The van der Waals surface area contributed by atoms with Crippen LogP contribution >= 0.6 is 11.8 Å². The van der Waals surface area contributed by atoms with Crippen LogP contribution in [0.5, 0.6) is 0 Å². The molecule has 1 aliphatic heterocycles. The summed E-state index contributed by atoms with van der Waals surface area (Å²) in [5.41, 5.74) is 1.51. The molecule has 2 aliphatic rings. The van der Waals surface area contributed by atoms with Crippen molar-refractivity contribution in [2.45, 2.75) is 48.2 Å². The molecule has 0 radical (unpaired) electrons. The van der Waals surface area contributed by atoms with E-state index in [1.54, 1.807) is 0 Å². The van der Waals surface area contributed by atoms with Gasteiger partial charge in [0.15, 0.2) is 0 Å². The van der Waals surface area contributed by atoms with Crippen LogP contribution < -0.4 is 5.32 Å². The Hall–Kier alpha value is -0.470. The highest BCUT2D eigenvalue weighted by molar-refractivity contribution is 8.00. The third kappa shape index (κ3) is 2.86. The SMILES string of the molecule is c1cc(C2CNC2)ccc1SC1CCCCC1. The molecule has 1 aromatic rings. The van der Waals surface area contributed by atoms with Gasteiger partial charge in [0.05, 0.1) is 0 Å². The Morgan fingerprint density at radius 1 is 0.941 bits per heavy atom. The minimum atomic E-state index is 0.767. The van der Waals surface area contributed by atoms with E-state index in [9.17, 15) is 0 Å². The number of hydrogen-bond donors (Lipinski definition) is 1. The van der Waals surface area contributed by atoms with Crippen LogP contribution in [-0.4, -0.2) is 18.3 Å². The molecule has 0 aromatic heterocycles. The van der Waals surface area contributed by atoms with Gasteiger partial charge < -0.3 is 5.32 Å². The lowest BCUT2D eigenvalue weighted by Crippen LogP contribution is -2.39. The van der Waals surface area contributed by atoms with E-state index in [0.717, 1.165) is 24.3 Å². The Morgan fingerprint density at radius 2 is 1.65 bits per heavy atom. The Kier molecular flexibility index (Phi) is 3.72. The van der Waals surface area contributed by atoms with Crippen molar-refractivity contribution in [1.29, 1.82) is 0 Å². The highest BCUT2D eigenvalue weighted by Gasteiger charge is 2.19. The highest BCUT2D eigenvalue weighted by atomic mass is 32.2. The number of nitrogens with one attached hydrogen (secondary N) is 1. The molecule has 3 rings (SSSR count). The Morgan fingerprint density at radius 3 is 2.24 bits per heavy atom. The minimum Gasteiger partial charge on any atom is -0.315 e. The summed E-state index contributed by atoms with van der Waals surface area (Å²) in [7, 11) is 0. The fraction of sp³-hybridized carbons (Fsp3) is 0.600. The molecule has 0 unspecified atom stereocenters. The summed E-state index contributed by atoms with van der Waals surface area (Å²) in [5, 5.41) is 4.21. The summed E-state index contributed by atoms with van der Waals surface area (Å²) >= 11 is 2.09. The van der Waals surface area contributed by atoms with Gasteiger partial charge in [0.2, 0.25) is 0 Å². The van der Waals surface area contributed by atoms with E-state index < -0.39 is 0 Å². The molecule has 92 valence electrons. The predicted octanol–water partition coefficient (Wildman–Crippen LogP) is 3.80. The van der Waals surface area contributed by atoms with Gasteiger partial charge in [-0.15, -0.1) is 11.8 Å². The molecule has 2 heteroatoms. The zero-order valence-electron chi connectivity index (χ0n) is 10.3. The molecule has 1 nitrogen and oxygen atoms in total. The van der Waals surface area contributed by atoms with E-state index in [0.29, 0.717) is 0 Å². The van der Waals surface area contributed by atoms with E-state index in [-0.39, 0.29) is 0 Å². The maximum absolute atomic E-state index is 3.33. The van der Waals surface area contributed by atoms with Crippen LogP contribution in [0.25, 0.3) is 0 Å². The summed E-state index contributed by atoms with van der Waals surface area (Å²) in [6.45, 7) is 2.32. The van der Waals surface area contributed by atoms with Crippen molar-refractivity contribution in [3.63, 3.8) is 0 Å². The van der Waals surface area contributed by atoms with Gasteiger partial charge >= 0.3 is 0 Å². The molecule has 2 fully saturated rings. The van der Waals surface area contributed by atoms with E-state index in [1.807, 2.05) is 0 Å². The van der Waals surface area contributed by atoms with Crippen molar-refractivity contribution in [3.05, 3.63) is 29.8 Å². The van der Waals surface area contributed by atoms with Crippen molar-refractivity contribution in [3.8, 4) is 0 Å². The zero-order chi connectivity index (χ0) is 11.5. The zero-order valence-corrected chi connectivity index (χ0v) is 11.1. The fourth-order valence-corrected chi connectivity index (χ4v) is 3.97. The van der Waals surface area contributed by atoms with Crippen LogP contribution in [0.3, 0.4) is 0 Å². The molecule has 1 saturated heterocycles. The highest BCUT2D eigenvalue weighted by Crippen LogP contribution is 2.34. The van der Waals surface area contributed by atoms with Gasteiger partial charge in [-0.3, -0.25) is 0 Å². The fourth-order valence-electron chi connectivity index (χ4n) is 2.72. The molecule has 1 aromatic carbocycles. The molecular weight excluding hydrogens is 226 g/mol. The van der Waals surface area contributed by atoms with Gasteiger partial charge in [-0.05, 0) is 30.5 Å². The van der Waals surface area contributed by atoms with Crippen LogP contribution in [0.4, 0.5) is 0 Å². The monoisotopic (exact) mass is 247 g/mol. The van der Waals surface area contributed by atoms with Crippen LogP contribution in [0, 0.1) is 0 Å². The van der Waals surface area contributed by atoms with Crippen LogP contribution in [0.1, 0.15) is 43.6 Å². The Balaban J connectivity index is 1.59. The molecule has 0 atom stereocenters.